The van der Waals surface area contributed by atoms with Crippen LogP contribution in [-0.2, 0) is 4.74 Å². The van der Waals surface area contributed by atoms with E-state index in [0.29, 0.717) is 6.42 Å². The van der Waals surface area contributed by atoms with Gasteiger partial charge in [-0.3, -0.25) is 0 Å². The molecule has 0 spiro atoms. The molecule has 5 heteroatoms. The maximum atomic E-state index is 12.1. The van der Waals surface area contributed by atoms with Crippen molar-refractivity contribution in [1.29, 1.82) is 0 Å². The van der Waals surface area contributed by atoms with Crippen molar-refractivity contribution in [3.8, 4) is 0 Å². The summed E-state index contributed by atoms with van der Waals surface area (Å²) >= 11 is 0. The van der Waals surface area contributed by atoms with Gasteiger partial charge in [0.2, 0.25) is 0 Å². The highest BCUT2D eigenvalue weighted by molar-refractivity contribution is 4.69. The van der Waals surface area contributed by atoms with Crippen LogP contribution in [0.5, 0.6) is 0 Å². The quantitative estimate of drug-likeness (QED) is 0.735. The molecule has 2 N–H and O–H groups in total. The molecule has 13 heavy (non-hydrogen) atoms. The van der Waals surface area contributed by atoms with Gasteiger partial charge in [0.25, 0.3) is 0 Å². The van der Waals surface area contributed by atoms with Crippen molar-refractivity contribution in [2.75, 3.05) is 6.54 Å². The monoisotopic (exact) mass is 199 g/mol. The molecular weight excluding hydrogens is 183 g/mol. The van der Waals surface area contributed by atoms with Crippen LogP contribution in [0.3, 0.4) is 0 Å². The van der Waals surface area contributed by atoms with Crippen molar-refractivity contribution in [3.05, 3.63) is 0 Å². The molecule has 0 bridgehead atoms. The topological polar surface area (TPSA) is 35.2 Å². The van der Waals surface area contributed by atoms with E-state index < -0.39 is 18.8 Å². The fourth-order valence-electron chi connectivity index (χ4n) is 1.02. The van der Waals surface area contributed by atoms with E-state index in [1.54, 1.807) is 6.92 Å². The molecule has 2 unspecified atom stereocenters. The second-order valence-electron chi connectivity index (χ2n) is 3.00. The van der Waals surface area contributed by atoms with Crippen molar-refractivity contribution in [2.45, 2.75) is 45.1 Å². The number of rotatable bonds is 5. The molecule has 0 aliphatic heterocycles. The average molecular weight is 199 g/mol. The lowest BCUT2D eigenvalue weighted by atomic mass is 10.2. The van der Waals surface area contributed by atoms with Gasteiger partial charge in [-0.1, -0.05) is 13.3 Å². The Hall–Kier alpha value is -0.290. The summed E-state index contributed by atoms with van der Waals surface area (Å²) in [5.41, 5.74) is 4.96. The average Bonchev–Trinajstić information content (AvgIpc) is 1.98. The second kappa shape index (κ2) is 5.44. The van der Waals surface area contributed by atoms with Crippen LogP contribution in [0.1, 0.15) is 26.7 Å². The van der Waals surface area contributed by atoms with Crippen molar-refractivity contribution < 1.29 is 17.9 Å². The van der Waals surface area contributed by atoms with Gasteiger partial charge in [0.05, 0.1) is 6.10 Å². The standard InChI is InChI=1S/C8H16F3NO/c1-3-4-6(2)13-7(5-12)8(9,10)11/h6-7H,3-5,12H2,1-2H3. The third kappa shape index (κ3) is 5.10. The predicted octanol–water partition coefficient (Wildman–Crippen LogP) is 2.08. The summed E-state index contributed by atoms with van der Waals surface area (Å²) < 4.78 is 41.1. The number of alkyl halides is 3. The highest BCUT2D eigenvalue weighted by atomic mass is 19.4. The molecule has 0 saturated heterocycles. The summed E-state index contributed by atoms with van der Waals surface area (Å²) in [6.07, 6.45) is -5.14. The Morgan fingerprint density at radius 1 is 1.38 bits per heavy atom. The van der Waals surface area contributed by atoms with Crippen LogP contribution in [0.15, 0.2) is 0 Å². The van der Waals surface area contributed by atoms with E-state index in [-0.39, 0.29) is 6.10 Å². The van der Waals surface area contributed by atoms with Gasteiger partial charge in [0, 0.05) is 6.54 Å². The van der Waals surface area contributed by atoms with Gasteiger partial charge < -0.3 is 10.5 Å². The van der Waals surface area contributed by atoms with Crippen molar-refractivity contribution >= 4 is 0 Å². The highest BCUT2D eigenvalue weighted by Crippen LogP contribution is 2.23. The fourth-order valence-corrected chi connectivity index (χ4v) is 1.02. The molecule has 0 aliphatic rings. The Kier molecular flexibility index (Phi) is 5.32. The molecular formula is C8H16F3NO. The van der Waals surface area contributed by atoms with E-state index in [4.69, 9.17) is 10.5 Å². The van der Waals surface area contributed by atoms with Crippen LogP contribution in [0.4, 0.5) is 13.2 Å². The Labute approximate surface area is 76.2 Å². The fraction of sp³-hybridized carbons (Fsp3) is 1.00. The Bertz CT molecular complexity index is 138. The zero-order valence-electron chi connectivity index (χ0n) is 7.90. The molecule has 0 aliphatic carbocycles. The molecule has 0 aromatic heterocycles. The maximum absolute atomic E-state index is 12.1. The normalized spacial score (nSPS) is 17.1. The Morgan fingerprint density at radius 3 is 2.23 bits per heavy atom. The van der Waals surface area contributed by atoms with Crippen LogP contribution in [0.2, 0.25) is 0 Å². The number of halogens is 3. The second-order valence-corrected chi connectivity index (χ2v) is 3.00. The SMILES string of the molecule is CCCC(C)OC(CN)C(F)(F)F. The largest absolute Gasteiger partial charge is 0.415 e. The minimum Gasteiger partial charge on any atom is -0.364 e. The minimum absolute atomic E-state index is 0.389. The number of ether oxygens (including phenoxy) is 1. The molecule has 0 amide bonds. The molecule has 0 aromatic carbocycles. The molecule has 0 saturated carbocycles. The zero-order valence-corrected chi connectivity index (χ0v) is 7.90. The van der Waals surface area contributed by atoms with E-state index in [1.165, 1.54) is 0 Å². The summed E-state index contributed by atoms with van der Waals surface area (Å²) in [6.45, 7) is 3.00. The lowest BCUT2D eigenvalue weighted by Gasteiger charge is -2.23. The third-order valence-electron chi connectivity index (χ3n) is 1.67. The predicted molar refractivity (Wildman–Crippen MR) is 44.4 cm³/mol. The van der Waals surface area contributed by atoms with E-state index >= 15 is 0 Å². The van der Waals surface area contributed by atoms with Gasteiger partial charge in [-0.05, 0) is 13.3 Å². The van der Waals surface area contributed by atoms with Crippen molar-refractivity contribution in [2.24, 2.45) is 5.73 Å². The minimum atomic E-state index is -4.35. The first-order chi connectivity index (χ1) is 5.91. The Balaban J connectivity index is 3.98. The summed E-state index contributed by atoms with van der Waals surface area (Å²) in [5, 5.41) is 0. The van der Waals surface area contributed by atoms with Gasteiger partial charge in [-0.25, -0.2) is 0 Å². The highest BCUT2D eigenvalue weighted by Gasteiger charge is 2.40. The molecule has 2 nitrogen and oxygen atoms in total. The van der Waals surface area contributed by atoms with E-state index in [0.717, 1.165) is 6.42 Å². The first-order valence-electron chi connectivity index (χ1n) is 4.34. The molecule has 0 heterocycles. The summed E-state index contributed by atoms with van der Waals surface area (Å²) in [7, 11) is 0. The first kappa shape index (κ1) is 12.7. The molecule has 2 atom stereocenters. The van der Waals surface area contributed by atoms with Gasteiger partial charge in [-0.15, -0.1) is 0 Å². The molecule has 0 rings (SSSR count). The van der Waals surface area contributed by atoms with Gasteiger partial charge >= 0.3 is 6.18 Å². The summed E-state index contributed by atoms with van der Waals surface area (Å²) in [5.74, 6) is 0. The van der Waals surface area contributed by atoms with Crippen LogP contribution in [0, 0.1) is 0 Å². The first-order valence-corrected chi connectivity index (χ1v) is 4.34. The van der Waals surface area contributed by atoms with Crippen LogP contribution >= 0.6 is 0 Å². The maximum Gasteiger partial charge on any atom is 0.415 e. The molecule has 0 fully saturated rings. The Morgan fingerprint density at radius 2 is 1.92 bits per heavy atom. The summed E-state index contributed by atoms with van der Waals surface area (Å²) in [6, 6.07) is 0. The zero-order chi connectivity index (χ0) is 10.5. The molecule has 0 aromatic rings. The lowest BCUT2D eigenvalue weighted by molar-refractivity contribution is -0.228. The van der Waals surface area contributed by atoms with Crippen molar-refractivity contribution in [1.82, 2.24) is 0 Å². The van der Waals surface area contributed by atoms with Gasteiger partial charge in [0.15, 0.2) is 6.10 Å². The number of nitrogens with two attached hydrogens (primary N) is 1. The lowest BCUT2D eigenvalue weighted by Crippen LogP contribution is -2.40. The van der Waals surface area contributed by atoms with Crippen molar-refractivity contribution in [3.63, 3.8) is 0 Å². The smallest absolute Gasteiger partial charge is 0.364 e. The number of hydrogen-bond donors (Lipinski definition) is 1. The third-order valence-corrected chi connectivity index (χ3v) is 1.67. The van der Waals surface area contributed by atoms with Crippen LogP contribution in [0.25, 0.3) is 0 Å². The van der Waals surface area contributed by atoms with Gasteiger partial charge in [0.1, 0.15) is 0 Å². The van der Waals surface area contributed by atoms with E-state index in [2.05, 4.69) is 0 Å². The molecule has 0 radical (unpaired) electrons. The number of hydrogen-bond acceptors (Lipinski definition) is 2. The van der Waals surface area contributed by atoms with Crippen LogP contribution in [-0.4, -0.2) is 24.9 Å². The van der Waals surface area contributed by atoms with E-state index in [1.807, 2.05) is 6.92 Å². The van der Waals surface area contributed by atoms with Gasteiger partial charge in [-0.2, -0.15) is 13.2 Å². The van der Waals surface area contributed by atoms with Crippen LogP contribution < -0.4 is 5.73 Å². The summed E-state index contributed by atoms with van der Waals surface area (Å²) in [4.78, 5) is 0. The van der Waals surface area contributed by atoms with E-state index in [9.17, 15) is 13.2 Å². The molecule has 80 valence electrons.